The van der Waals surface area contributed by atoms with E-state index in [4.69, 9.17) is 33.1 Å². The maximum absolute atomic E-state index is 6.13. The summed E-state index contributed by atoms with van der Waals surface area (Å²) >= 11 is 11.5. The lowest BCUT2D eigenvalue weighted by Crippen LogP contribution is -2.10. The lowest BCUT2D eigenvalue weighted by atomic mass is 10.2. The molecule has 0 radical (unpaired) electrons. The summed E-state index contributed by atoms with van der Waals surface area (Å²) < 4.78 is 5.25. The highest BCUT2D eigenvalue weighted by molar-refractivity contribution is 7.81. The van der Waals surface area contributed by atoms with Crippen molar-refractivity contribution in [2.75, 3.05) is 11.9 Å². The maximum Gasteiger partial charge on any atom is 0.135 e. The number of nitrogens with zero attached hydrogens (tertiary/aromatic N) is 1. The van der Waals surface area contributed by atoms with Crippen LogP contribution in [0.4, 0.5) is 5.69 Å². The Kier molecular flexibility index (Phi) is 5.75. The van der Waals surface area contributed by atoms with Crippen LogP contribution >= 0.6 is 23.8 Å². The number of aryl methyl sites for hydroxylation is 1. The number of thiocarbonyl (C=S) groups is 1. The van der Waals surface area contributed by atoms with Gasteiger partial charge in [-0.3, -0.25) is 0 Å². The lowest BCUT2D eigenvalue weighted by Gasteiger charge is -2.08. The van der Waals surface area contributed by atoms with Gasteiger partial charge < -0.3 is 14.6 Å². The first-order valence-electron chi connectivity index (χ1n) is 6.53. The monoisotopic (exact) mass is 334 g/mol. The average Bonchev–Trinajstić information content (AvgIpc) is 2.93. The second-order valence-corrected chi connectivity index (χ2v) is 5.22. The molecule has 0 aliphatic heterocycles. The van der Waals surface area contributed by atoms with Gasteiger partial charge in [0, 0.05) is 16.3 Å². The molecule has 1 N–H and O–H groups in total. The van der Waals surface area contributed by atoms with Gasteiger partial charge in [0.1, 0.15) is 17.4 Å². The topological polar surface area (TPSA) is 46.8 Å². The number of hydrogen-bond acceptors (Lipinski definition) is 4. The Labute approximate surface area is 139 Å². The number of rotatable bonds is 6. The summed E-state index contributed by atoms with van der Waals surface area (Å²) in [6.07, 6.45) is 4.77. The van der Waals surface area contributed by atoms with Crippen LogP contribution in [-0.2, 0) is 4.84 Å². The standard InChI is InChI=1S/C16H15ClN2O2S/c1-3-7-21-18-10-12-9-13(4-5-15(12)17)19-16(22)14-6-8-20-11(14)2/h3-6,8-10H,1,7H2,2H3,(H,19,22)/b18-10-. The molecular formula is C16H15ClN2O2S. The van der Waals surface area contributed by atoms with E-state index >= 15 is 0 Å². The Hall–Kier alpha value is -2.11. The molecular weight excluding hydrogens is 320 g/mol. The molecule has 0 aliphatic rings. The van der Waals surface area contributed by atoms with Crippen molar-refractivity contribution in [1.82, 2.24) is 0 Å². The number of benzene rings is 1. The van der Waals surface area contributed by atoms with Crippen LogP contribution in [0.2, 0.25) is 5.02 Å². The van der Waals surface area contributed by atoms with E-state index in [9.17, 15) is 0 Å². The smallest absolute Gasteiger partial charge is 0.135 e. The Balaban J connectivity index is 2.12. The number of oxime groups is 1. The Morgan fingerprint density at radius 1 is 1.50 bits per heavy atom. The fourth-order valence-electron chi connectivity index (χ4n) is 1.73. The number of halogens is 1. The first-order valence-corrected chi connectivity index (χ1v) is 7.31. The molecule has 114 valence electrons. The Morgan fingerprint density at radius 2 is 2.32 bits per heavy atom. The highest BCUT2D eigenvalue weighted by Gasteiger charge is 2.08. The fraction of sp³-hybridized carbons (Fsp3) is 0.125. The summed E-state index contributed by atoms with van der Waals surface area (Å²) in [5, 5.41) is 7.54. The van der Waals surface area contributed by atoms with Gasteiger partial charge in [-0.25, -0.2) is 0 Å². The van der Waals surface area contributed by atoms with Crippen molar-refractivity contribution in [1.29, 1.82) is 0 Å². The Bertz CT molecular complexity index is 710. The molecule has 0 atom stereocenters. The van der Waals surface area contributed by atoms with E-state index in [2.05, 4.69) is 17.1 Å². The zero-order chi connectivity index (χ0) is 15.9. The van der Waals surface area contributed by atoms with Gasteiger partial charge in [-0.1, -0.05) is 41.6 Å². The van der Waals surface area contributed by atoms with Crippen LogP contribution in [0, 0.1) is 6.92 Å². The third-order valence-electron chi connectivity index (χ3n) is 2.82. The second kappa shape index (κ2) is 7.77. The van der Waals surface area contributed by atoms with Crippen molar-refractivity contribution in [3.8, 4) is 0 Å². The predicted octanol–water partition coefficient (Wildman–Crippen LogP) is 4.57. The first kappa shape index (κ1) is 16.3. The summed E-state index contributed by atoms with van der Waals surface area (Å²) in [5.74, 6) is 0.770. The molecule has 0 saturated heterocycles. The minimum atomic E-state index is 0.343. The highest BCUT2D eigenvalue weighted by Crippen LogP contribution is 2.20. The summed E-state index contributed by atoms with van der Waals surface area (Å²) in [7, 11) is 0. The van der Waals surface area contributed by atoms with Crippen LogP contribution in [-0.4, -0.2) is 17.8 Å². The maximum atomic E-state index is 6.13. The van der Waals surface area contributed by atoms with Gasteiger partial charge >= 0.3 is 0 Å². The van der Waals surface area contributed by atoms with Gasteiger partial charge in [0.25, 0.3) is 0 Å². The summed E-state index contributed by atoms with van der Waals surface area (Å²) in [5.41, 5.74) is 2.39. The molecule has 0 saturated carbocycles. The first-order chi connectivity index (χ1) is 10.6. The average molecular weight is 335 g/mol. The Morgan fingerprint density at radius 3 is 3.00 bits per heavy atom. The van der Waals surface area contributed by atoms with Crippen LogP contribution < -0.4 is 5.32 Å². The fourth-order valence-corrected chi connectivity index (χ4v) is 2.23. The van der Waals surface area contributed by atoms with Crippen LogP contribution in [0.1, 0.15) is 16.9 Å². The van der Waals surface area contributed by atoms with Crippen LogP contribution in [0.5, 0.6) is 0 Å². The van der Waals surface area contributed by atoms with Gasteiger partial charge in [0.05, 0.1) is 18.0 Å². The van der Waals surface area contributed by atoms with Crippen molar-refractivity contribution in [3.05, 3.63) is 65.1 Å². The highest BCUT2D eigenvalue weighted by atomic mass is 35.5. The molecule has 2 aromatic rings. The van der Waals surface area contributed by atoms with Crippen molar-refractivity contribution in [3.63, 3.8) is 0 Å². The summed E-state index contributed by atoms with van der Waals surface area (Å²) in [4.78, 5) is 5.55. The molecule has 0 aliphatic carbocycles. The van der Waals surface area contributed by atoms with Crippen molar-refractivity contribution in [2.24, 2.45) is 5.16 Å². The van der Waals surface area contributed by atoms with Gasteiger partial charge in [-0.15, -0.1) is 0 Å². The van der Waals surface area contributed by atoms with Gasteiger partial charge in [0.2, 0.25) is 0 Å². The SMILES string of the molecule is C=CCO/N=C\c1cc(NC(=S)c2ccoc2C)ccc1Cl. The van der Waals surface area contributed by atoms with Crippen molar-refractivity contribution >= 4 is 40.7 Å². The minimum absolute atomic E-state index is 0.343. The molecule has 0 fully saturated rings. The normalized spacial score (nSPS) is 10.6. The van der Waals surface area contributed by atoms with E-state index in [1.807, 2.05) is 25.1 Å². The van der Waals surface area contributed by atoms with Gasteiger partial charge in [-0.2, -0.15) is 0 Å². The molecule has 4 nitrogen and oxygen atoms in total. The minimum Gasteiger partial charge on any atom is -0.469 e. The van der Waals surface area contributed by atoms with Crippen molar-refractivity contribution < 1.29 is 9.25 Å². The molecule has 1 aromatic carbocycles. The summed E-state index contributed by atoms with van der Waals surface area (Å²) in [6, 6.07) is 7.27. The third-order valence-corrected chi connectivity index (χ3v) is 3.48. The van der Waals surface area contributed by atoms with Crippen molar-refractivity contribution in [2.45, 2.75) is 6.92 Å². The molecule has 1 aromatic heterocycles. The van der Waals surface area contributed by atoms with E-state index in [0.717, 1.165) is 22.6 Å². The van der Waals surface area contributed by atoms with Crippen LogP contribution in [0.15, 0.2) is 52.8 Å². The van der Waals surface area contributed by atoms with E-state index in [1.165, 1.54) is 0 Å². The van der Waals surface area contributed by atoms with Crippen LogP contribution in [0.3, 0.4) is 0 Å². The predicted molar refractivity (Wildman–Crippen MR) is 94.0 cm³/mol. The number of furan rings is 1. The number of anilines is 1. The molecule has 22 heavy (non-hydrogen) atoms. The molecule has 0 bridgehead atoms. The van der Waals surface area contributed by atoms with E-state index < -0.39 is 0 Å². The van der Waals surface area contributed by atoms with E-state index in [0.29, 0.717) is 16.6 Å². The molecule has 0 unspecified atom stereocenters. The molecule has 0 spiro atoms. The second-order valence-electron chi connectivity index (χ2n) is 4.40. The van der Waals surface area contributed by atoms with Gasteiger partial charge in [-0.05, 0) is 31.2 Å². The molecule has 1 heterocycles. The largest absolute Gasteiger partial charge is 0.469 e. The molecule has 0 amide bonds. The van der Waals surface area contributed by atoms with E-state index in [1.54, 1.807) is 24.6 Å². The zero-order valence-corrected chi connectivity index (χ0v) is 13.6. The quantitative estimate of drug-likeness (QED) is 0.276. The van der Waals surface area contributed by atoms with Gasteiger partial charge in [0.15, 0.2) is 0 Å². The number of hydrogen-bond donors (Lipinski definition) is 1. The number of nitrogens with one attached hydrogen (secondary N) is 1. The van der Waals surface area contributed by atoms with Crippen LogP contribution in [0.25, 0.3) is 0 Å². The zero-order valence-electron chi connectivity index (χ0n) is 12.0. The summed E-state index contributed by atoms with van der Waals surface area (Å²) in [6.45, 7) is 5.75. The third kappa shape index (κ3) is 4.19. The van der Waals surface area contributed by atoms with E-state index in [-0.39, 0.29) is 0 Å². The molecule has 6 heteroatoms. The lowest BCUT2D eigenvalue weighted by molar-refractivity contribution is 0.176. The molecule has 2 rings (SSSR count).